The molecule has 0 aliphatic rings. The van der Waals surface area contributed by atoms with E-state index in [0.29, 0.717) is 11.4 Å². The molecule has 0 aliphatic carbocycles. The van der Waals surface area contributed by atoms with E-state index >= 15 is 0 Å². The Morgan fingerprint density at radius 1 is 1.05 bits per heavy atom. The first kappa shape index (κ1) is 13.8. The van der Waals surface area contributed by atoms with Gasteiger partial charge in [-0.05, 0) is 59.0 Å². The highest BCUT2D eigenvalue weighted by molar-refractivity contribution is 14.1. The van der Waals surface area contributed by atoms with E-state index in [0.717, 1.165) is 9.26 Å². The predicted octanol–water partition coefficient (Wildman–Crippen LogP) is 3.70. The van der Waals surface area contributed by atoms with E-state index < -0.39 is 5.97 Å². The number of halogens is 1. The molecule has 3 aromatic rings. The molecule has 0 fully saturated rings. The maximum atomic E-state index is 12.3. The minimum Gasteiger partial charge on any atom is -0.422 e. The zero-order chi connectivity index (χ0) is 14.7. The first-order valence-electron chi connectivity index (χ1n) is 6.29. The van der Waals surface area contributed by atoms with Crippen molar-refractivity contribution in [3.05, 3.63) is 76.4 Å². The van der Waals surface area contributed by atoms with Crippen LogP contribution in [0.1, 0.15) is 10.5 Å². The molecule has 0 saturated heterocycles. The summed E-state index contributed by atoms with van der Waals surface area (Å²) in [6.07, 6.45) is 3.10. The predicted molar refractivity (Wildman–Crippen MR) is 87.7 cm³/mol. The highest BCUT2D eigenvalue weighted by Gasteiger charge is 2.15. The van der Waals surface area contributed by atoms with Crippen molar-refractivity contribution >= 4 is 28.6 Å². The maximum absolute atomic E-state index is 12.3. The summed E-state index contributed by atoms with van der Waals surface area (Å²) in [5, 5.41) is 0. The van der Waals surface area contributed by atoms with Gasteiger partial charge in [0.1, 0.15) is 5.75 Å². The first-order chi connectivity index (χ1) is 10.2. The lowest BCUT2D eigenvalue weighted by Crippen LogP contribution is -2.13. The fourth-order valence-electron chi connectivity index (χ4n) is 1.90. The Balaban J connectivity index is 1.86. The van der Waals surface area contributed by atoms with Gasteiger partial charge < -0.3 is 4.74 Å². The molecule has 1 aromatic heterocycles. The van der Waals surface area contributed by atoms with Gasteiger partial charge in [-0.2, -0.15) is 0 Å². The van der Waals surface area contributed by atoms with Gasteiger partial charge in [0.2, 0.25) is 0 Å². The fourth-order valence-corrected chi connectivity index (χ4v) is 2.26. The summed E-state index contributed by atoms with van der Waals surface area (Å²) in [6, 6.07) is 16.9. The largest absolute Gasteiger partial charge is 0.422 e. The molecule has 21 heavy (non-hydrogen) atoms. The number of hydrogen-bond donors (Lipinski definition) is 0. The molecule has 0 unspecified atom stereocenters. The molecule has 2 aromatic carbocycles. The van der Waals surface area contributed by atoms with Crippen LogP contribution < -0.4 is 4.74 Å². The molecule has 4 nitrogen and oxygen atoms in total. The number of ether oxygens (including phenoxy) is 1. The second-order valence-corrected chi connectivity index (χ2v) is 5.57. The molecule has 0 amide bonds. The topological polar surface area (TPSA) is 44.1 Å². The molecule has 0 spiro atoms. The minimum atomic E-state index is -0.433. The Bertz CT molecular complexity index is 751. The third kappa shape index (κ3) is 3.13. The number of esters is 1. The number of nitrogens with zero attached hydrogens (tertiary/aromatic N) is 2. The monoisotopic (exact) mass is 390 g/mol. The van der Waals surface area contributed by atoms with Crippen LogP contribution in [-0.4, -0.2) is 15.5 Å². The van der Waals surface area contributed by atoms with Crippen molar-refractivity contribution in [1.29, 1.82) is 0 Å². The van der Waals surface area contributed by atoms with Crippen molar-refractivity contribution in [1.82, 2.24) is 9.55 Å². The van der Waals surface area contributed by atoms with E-state index in [1.807, 2.05) is 42.5 Å². The van der Waals surface area contributed by atoms with E-state index in [9.17, 15) is 4.79 Å². The van der Waals surface area contributed by atoms with Gasteiger partial charge >= 0.3 is 5.97 Å². The molecule has 0 aliphatic heterocycles. The van der Waals surface area contributed by atoms with Crippen molar-refractivity contribution in [2.24, 2.45) is 0 Å². The first-order valence-corrected chi connectivity index (χ1v) is 7.37. The molecule has 104 valence electrons. The molecule has 1 heterocycles. The number of hydrogen-bond acceptors (Lipinski definition) is 3. The fraction of sp³-hybridized carbons (Fsp3) is 0. The lowest BCUT2D eigenvalue weighted by molar-refractivity contribution is 0.0726. The second kappa shape index (κ2) is 6.09. The molecular formula is C16H11IN2O2. The Hall–Kier alpha value is -2.15. The van der Waals surface area contributed by atoms with E-state index in [1.165, 1.54) is 6.20 Å². The number of benzene rings is 2. The number of carbonyl (C=O) groups is 1. The van der Waals surface area contributed by atoms with Crippen molar-refractivity contribution in [2.45, 2.75) is 0 Å². The Labute approximate surface area is 135 Å². The molecule has 0 radical (unpaired) electrons. The van der Waals surface area contributed by atoms with Gasteiger partial charge in [-0.25, -0.2) is 9.78 Å². The van der Waals surface area contributed by atoms with Crippen LogP contribution in [0.5, 0.6) is 5.75 Å². The van der Waals surface area contributed by atoms with Crippen LogP contribution in [0.15, 0.2) is 67.1 Å². The Morgan fingerprint density at radius 3 is 2.48 bits per heavy atom. The summed E-state index contributed by atoms with van der Waals surface area (Å²) in [7, 11) is 0. The van der Waals surface area contributed by atoms with Crippen molar-refractivity contribution in [3.8, 4) is 11.4 Å². The van der Waals surface area contributed by atoms with E-state index in [-0.39, 0.29) is 0 Å². The van der Waals surface area contributed by atoms with Crippen LogP contribution in [0.25, 0.3) is 5.69 Å². The third-order valence-corrected chi connectivity index (χ3v) is 3.63. The smallest absolute Gasteiger partial charge is 0.362 e. The number of rotatable bonds is 3. The lowest BCUT2D eigenvalue weighted by Gasteiger charge is -2.08. The van der Waals surface area contributed by atoms with Crippen LogP contribution >= 0.6 is 22.6 Å². The van der Waals surface area contributed by atoms with E-state index in [4.69, 9.17) is 4.74 Å². The zero-order valence-electron chi connectivity index (χ0n) is 10.9. The van der Waals surface area contributed by atoms with Crippen molar-refractivity contribution in [3.63, 3.8) is 0 Å². The van der Waals surface area contributed by atoms with E-state index in [2.05, 4.69) is 27.6 Å². The van der Waals surface area contributed by atoms with Crippen molar-refractivity contribution in [2.75, 3.05) is 0 Å². The normalized spacial score (nSPS) is 10.3. The number of carbonyl (C=O) groups excluding carboxylic acids is 1. The average Bonchev–Trinajstić information content (AvgIpc) is 3.00. The SMILES string of the molecule is O=C(Oc1ccc(I)cc1)c1cncn1-c1ccccc1. The summed E-state index contributed by atoms with van der Waals surface area (Å²) >= 11 is 2.20. The number of aromatic nitrogens is 2. The maximum Gasteiger partial charge on any atom is 0.362 e. The molecule has 3 rings (SSSR count). The summed E-state index contributed by atoms with van der Waals surface area (Å²) < 4.78 is 8.16. The second-order valence-electron chi connectivity index (χ2n) is 4.33. The Kier molecular flexibility index (Phi) is 4.01. The van der Waals surface area contributed by atoms with Crippen LogP contribution in [0.3, 0.4) is 0 Å². The van der Waals surface area contributed by atoms with Gasteiger partial charge in [-0.3, -0.25) is 4.57 Å². The molecular weight excluding hydrogens is 379 g/mol. The average molecular weight is 390 g/mol. The Morgan fingerprint density at radius 2 is 1.76 bits per heavy atom. The quantitative estimate of drug-likeness (QED) is 0.389. The molecule has 5 heteroatoms. The van der Waals surface area contributed by atoms with Crippen LogP contribution in [0, 0.1) is 3.57 Å². The lowest BCUT2D eigenvalue weighted by atomic mass is 10.3. The number of para-hydroxylation sites is 1. The third-order valence-electron chi connectivity index (χ3n) is 2.91. The summed E-state index contributed by atoms with van der Waals surface area (Å²) in [5.74, 6) is 0.0822. The van der Waals surface area contributed by atoms with Crippen LogP contribution in [0.2, 0.25) is 0 Å². The molecule has 0 atom stereocenters. The van der Waals surface area contributed by atoms with Gasteiger partial charge in [-0.15, -0.1) is 0 Å². The van der Waals surface area contributed by atoms with Crippen molar-refractivity contribution < 1.29 is 9.53 Å². The van der Waals surface area contributed by atoms with Gasteiger partial charge in [0, 0.05) is 9.26 Å². The molecule has 0 N–H and O–H groups in total. The van der Waals surface area contributed by atoms with Gasteiger partial charge in [-0.1, -0.05) is 18.2 Å². The standard InChI is InChI=1S/C16H11IN2O2/c17-12-6-8-14(9-7-12)21-16(20)15-10-18-11-19(15)13-4-2-1-3-5-13/h1-11H. The number of imidazole rings is 1. The molecule has 0 bridgehead atoms. The molecule has 0 saturated carbocycles. The highest BCUT2D eigenvalue weighted by Crippen LogP contribution is 2.17. The van der Waals surface area contributed by atoms with Gasteiger partial charge in [0.15, 0.2) is 5.69 Å². The van der Waals surface area contributed by atoms with Crippen LogP contribution in [-0.2, 0) is 0 Å². The minimum absolute atomic E-state index is 0.389. The summed E-state index contributed by atoms with van der Waals surface area (Å²) in [6.45, 7) is 0. The highest BCUT2D eigenvalue weighted by atomic mass is 127. The van der Waals surface area contributed by atoms with Gasteiger partial charge in [0.05, 0.1) is 12.5 Å². The zero-order valence-corrected chi connectivity index (χ0v) is 13.1. The van der Waals surface area contributed by atoms with E-state index in [1.54, 1.807) is 23.0 Å². The van der Waals surface area contributed by atoms with Crippen LogP contribution in [0.4, 0.5) is 0 Å². The van der Waals surface area contributed by atoms with Gasteiger partial charge in [0.25, 0.3) is 0 Å². The summed E-state index contributed by atoms with van der Waals surface area (Å²) in [5.41, 5.74) is 1.25. The summed E-state index contributed by atoms with van der Waals surface area (Å²) in [4.78, 5) is 16.3.